The van der Waals surface area contributed by atoms with Crippen molar-refractivity contribution in [3.05, 3.63) is 82.5 Å². The summed E-state index contributed by atoms with van der Waals surface area (Å²) in [5.41, 5.74) is 11.5. The number of H-pyrrole nitrogens is 1. The van der Waals surface area contributed by atoms with Crippen LogP contribution in [0.25, 0.3) is 0 Å². The SMILES string of the molecule is CC[C@@H]1C#C[C@H]2C=C3CCc4cc(O)c(O[C@@H]5[C@H](O)[C@@H](O)CC[C@@H]5[C@H](Cc5ccc[nH]5)C5=CCNC(N)=C5)cc4[C@@H]3C[C@@H](O)[C@H]2[C@@H](O)CCCC1. The molecule has 4 aliphatic carbocycles. The molecule has 51 heavy (non-hydrogen) atoms. The fourth-order valence-corrected chi connectivity index (χ4v) is 9.52. The quantitative estimate of drug-likeness (QED) is 0.152. The van der Waals surface area contributed by atoms with Crippen LogP contribution in [-0.2, 0) is 12.8 Å². The monoisotopic (exact) mass is 697 g/mol. The molecule has 2 heterocycles. The number of allylic oxidation sites excluding steroid dienone is 4. The first-order valence-corrected chi connectivity index (χ1v) is 19.2. The number of nitrogens with two attached hydrogens (primary N) is 1. The summed E-state index contributed by atoms with van der Waals surface area (Å²) in [6.07, 6.45) is 12.2. The third kappa shape index (κ3) is 7.61. The maximum atomic E-state index is 11.8. The van der Waals surface area contributed by atoms with Gasteiger partial charge in [0.15, 0.2) is 11.5 Å². The predicted molar refractivity (Wildman–Crippen MR) is 196 cm³/mol. The van der Waals surface area contributed by atoms with Crippen LogP contribution < -0.4 is 15.8 Å². The lowest BCUT2D eigenvalue weighted by Gasteiger charge is -2.43. The molecule has 9 nitrogen and oxygen atoms in total. The zero-order chi connectivity index (χ0) is 35.6. The molecule has 0 radical (unpaired) electrons. The number of aromatic hydroxyl groups is 1. The van der Waals surface area contributed by atoms with E-state index in [4.69, 9.17) is 10.5 Å². The van der Waals surface area contributed by atoms with Crippen molar-refractivity contribution < 1.29 is 30.3 Å². The summed E-state index contributed by atoms with van der Waals surface area (Å²) in [6.45, 7) is 2.77. The molecule has 9 N–H and O–H groups in total. The average molecular weight is 698 g/mol. The third-order valence-corrected chi connectivity index (χ3v) is 12.4. The number of rotatable bonds is 7. The third-order valence-electron chi connectivity index (χ3n) is 12.4. The number of phenolic OH excluding ortho intramolecular Hbond substituents is 1. The zero-order valence-corrected chi connectivity index (χ0v) is 29.7. The minimum atomic E-state index is -1.17. The maximum absolute atomic E-state index is 11.8. The molecule has 1 aromatic carbocycles. The van der Waals surface area contributed by atoms with Crippen molar-refractivity contribution >= 4 is 0 Å². The van der Waals surface area contributed by atoms with Gasteiger partial charge in [-0.05, 0) is 111 Å². The van der Waals surface area contributed by atoms with Gasteiger partial charge in [-0.15, -0.1) is 0 Å². The first kappa shape index (κ1) is 35.7. The number of dihydropyridines is 1. The van der Waals surface area contributed by atoms with Crippen molar-refractivity contribution in [2.24, 2.45) is 35.3 Å². The van der Waals surface area contributed by atoms with Gasteiger partial charge in [-0.3, -0.25) is 0 Å². The molecule has 11 atom stereocenters. The topological polar surface area (TPSA) is 164 Å². The van der Waals surface area contributed by atoms with Gasteiger partial charge in [0.1, 0.15) is 12.2 Å². The number of aromatic nitrogens is 1. The highest BCUT2D eigenvalue weighted by Crippen LogP contribution is 2.49. The number of aliphatic hydroxyl groups excluding tert-OH is 4. The van der Waals surface area contributed by atoms with E-state index < -0.39 is 30.5 Å². The molecule has 0 bridgehead atoms. The molecule has 5 aliphatic rings. The van der Waals surface area contributed by atoms with Crippen molar-refractivity contribution in [2.45, 2.75) is 114 Å². The minimum Gasteiger partial charge on any atom is -0.504 e. The van der Waals surface area contributed by atoms with E-state index in [0.29, 0.717) is 50.4 Å². The highest BCUT2D eigenvalue weighted by molar-refractivity contribution is 5.52. The lowest BCUT2D eigenvalue weighted by molar-refractivity contribution is -0.108. The van der Waals surface area contributed by atoms with Crippen molar-refractivity contribution in [3.8, 4) is 23.3 Å². The molecule has 1 aromatic heterocycles. The lowest BCUT2D eigenvalue weighted by Crippen LogP contribution is -2.52. The van der Waals surface area contributed by atoms with Crippen molar-refractivity contribution in [1.82, 2.24) is 10.3 Å². The molecule has 9 heteroatoms. The highest BCUT2D eigenvalue weighted by Gasteiger charge is 2.45. The van der Waals surface area contributed by atoms with Gasteiger partial charge in [-0.1, -0.05) is 49.3 Å². The number of ether oxygens (including phenoxy) is 1. The van der Waals surface area contributed by atoms with Crippen LogP contribution in [-0.4, -0.2) is 67.6 Å². The van der Waals surface area contributed by atoms with E-state index in [-0.39, 0.29) is 41.1 Å². The second-order valence-electron chi connectivity index (χ2n) is 15.5. The Labute approximate surface area is 301 Å². The summed E-state index contributed by atoms with van der Waals surface area (Å²) < 4.78 is 6.69. The normalized spacial score (nSPS) is 34.3. The van der Waals surface area contributed by atoms with Gasteiger partial charge < -0.3 is 46.3 Å². The Morgan fingerprint density at radius 2 is 1.84 bits per heavy atom. The molecule has 274 valence electrons. The van der Waals surface area contributed by atoms with Crippen LogP contribution in [0.5, 0.6) is 11.5 Å². The van der Waals surface area contributed by atoms with Gasteiger partial charge in [0, 0.05) is 48.0 Å². The van der Waals surface area contributed by atoms with Crippen molar-refractivity contribution in [1.29, 1.82) is 0 Å². The van der Waals surface area contributed by atoms with Gasteiger partial charge in [-0.25, -0.2) is 0 Å². The lowest BCUT2D eigenvalue weighted by atomic mass is 9.70. The van der Waals surface area contributed by atoms with Crippen LogP contribution in [0.15, 0.2) is 65.7 Å². The highest BCUT2D eigenvalue weighted by atomic mass is 16.5. The fourth-order valence-electron chi connectivity index (χ4n) is 9.52. The number of benzene rings is 1. The number of aromatic amines is 1. The second-order valence-corrected chi connectivity index (χ2v) is 15.5. The second kappa shape index (κ2) is 15.5. The molecule has 0 saturated heterocycles. The number of nitrogens with one attached hydrogen (secondary N) is 2. The first-order chi connectivity index (χ1) is 24.7. The van der Waals surface area contributed by atoms with Gasteiger partial charge in [-0.2, -0.15) is 0 Å². The molecule has 1 saturated carbocycles. The van der Waals surface area contributed by atoms with Crippen molar-refractivity contribution in [3.63, 3.8) is 0 Å². The molecule has 2 aromatic rings. The summed E-state index contributed by atoms with van der Waals surface area (Å²) in [6, 6.07) is 7.67. The first-order valence-electron chi connectivity index (χ1n) is 19.2. The van der Waals surface area contributed by atoms with E-state index in [1.54, 1.807) is 6.07 Å². The van der Waals surface area contributed by atoms with Crippen molar-refractivity contribution in [2.75, 3.05) is 6.54 Å². The fraction of sp³-hybridized carbons (Fsp3) is 0.571. The van der Waals surface area contributed by atoms with E-state index in [9.17, 15) is 25.5 Å². The summed E-state index contributed by atoms with van der Waals surface area (Å²) in [7, 11) is 0. The number of aryl methyl sites for hydroxylation is 1. The van der Waals surface area contributed by atoms with Gasteiger partial charge in [0.05, 0.1) is 24.1 Å². The maximum Gasteiger partial charge on any atom is 0.161 e. The van der Waals surface area contributed by atoms with Gasteiger partial charge >= 0.3 is 0 Å². The standard InChI is InChI=1S/C42H55N3O6/c1-2-24-6-3-4-8-34(46)40-28(10-9-24)18-25-11-12-26-19-36(48)38(23-33(26)32(25)22-37(40)49)51-42-30(13-14-35(47)41(42)50)31(21-29-7-5-16-44-29)27-15-17-45-39(43)20-27/h5,7,15-16,18-20,23-24,28,30-32,34-35,37,40-42,44-50H,2-4,6,8,11-14,17,21-22,43H2,1H3/t24-,28-,30+,31+,32+,34-,35-,37+,40+,41+,42-/m0/s1. The van der Waals surface area contributed by atoms with Crippen LogP contribution in [0.1, 0.15) is 87.4 Å². The Balaban J connectivity index is 1.22. The number of fused-ring (bicyclic) bond motifs is 4. The van der Waals surface area contributed by atoms with Crippen LogP contribution in [0.4, 0.5) is 0 Å². The Kier molecular flexibility index (Phi) is 10.9. The van der Waals surface area contributed by atoms with Crippen LogP contribution in [0.3, 0.4) is 0 Å². The van der Waals surface area contributed by atoms with Crippen LogP contribution >= 0.6 is 0 Å². The molecule has 1 fully saturated rings. The summed E-state index contributed by atoms with van der Waals surface area (Å²) >= 11 is 0. The van der Waals surface area contributed by atoms with E-state index >= 15 is 0 Å². The van der Waals surface area contributed by atoms with Crippen LogP contribution in [0, 0.1) is 41.4 Å². The van der Waals surface area contributed by atoms with E-state index in [0.717, 1.165) is 60.9 Å². The number of hydrogen-bond acceptors (Lipinski definition) is 8. The Hall–Kier alpha value is -3.68. The van der Waals surface area contributed by atoms with Gasteiger partial charge in [0.25, 0.3) is 0 Å². The molecule has 0 unspecified atom stereocenters. The summed E-state index contributed by atoms with van der Waals surface area (Å²) in [5.74, 6) is 7.19. The number of hydrogen-bond donors (Lipinski definition) is 8. The Morgan fingerprint density at radius 3 is 2.63 bits per heavy atom. The largest absolute Gasteiger partial charge is 0.504 e. The van der Waals surface area contributed by atoms with E-state index in [1.807, 2.05) is 30.5 Å². The molecule has 0 spiro atoms. The van der Waals surface area contributed by atoms with E-state index in [1.165, 1.54) is 5.57 Å². The number of aliphatic hydroxyl groups is 4. The number of phenols is 1. The molecule has 0 amide bonds. The average Bonchev–Trinajstić information content (AvgIpc) is 3.58. The Morgan fingerprint density at radius 1 is 1.00 bits per heavy atom. The van der Waals surface area contributed by atoms with Crippen LogP contribution in [0.2, 0.25) is 0 Å². The molecule has 7 rings (SSSR count). The minimum absolute atomic E-state index is 0.00598. The zero-order valence-electron chi connectivity index (χ0n) is 29.7. The molecule has 1 aliphatic heterocycles. The summed E-state index contributed by atoms with van der Waals surface area (Å²) in [4.78, 5) is 3.32. The molecular formula is C42H55N3O6. The smallest absolute Gasteiger partial charge is 0.161 e. The summed E-state index contributed by atoms with van der Waals surface area (Å²) in [5, 5.41) is 60.2. The van der Waals surface area contributed by atoms with Gasteiger partial charge in [0.2, 0.25) is 0 Å². The Bertz CT molecular complexity index is 1690. The predicted octanol–water partition coefficient (Wildman–Crippen LogP) is 4.71. The van der Waals surface area contributed by atoms with E-state index in [2.05, 4.69) is 41.2 Å². The molecular weight excluding hydrogens is 642 g/mol.